The largest absolute Gasteiger partial charge is 0.476 e. The highest BCUT2D eigenvalue weighted by Gasteiger charge is 2.21. The van der Waals surface area contributed by atoms with Crippen LogP contribution < -0.4 is 5.32 Å². The third-order valence-electron chi connectivity index (χ3n) is 2.35. The first-order valence-electron chi connectivity index (χ1n) is 4.71. The van der Waals surface area contributed by atoms with E-state index < -0.39 is 5.97 Å². The summed E-state index contributed by atoms with van der Waals surface area (Å²) in [5.41, 5.74) is 0.0272. The zero-order valence-electron chi connectivity index (χ0n) is 8.01. The van der Waals surface area contributed by atoms with Crippen molar-refractivity contribution >= 4 is 11.9 Å². The Morgan fingerprint density at radius 1 is 1.73 bits per heavy atom. The van der Waals surface area contributed by atoms with Gasteiger partial charge in [-0.05, 0) is 12.5 Å². The van der Waals surface area contributed by atoms with E-state index in [1.807, 2.05) is 0 Å². The number of carboxylic acids is 1. The maximum Gasteiger partial charge on any atom is 0.356 e. The van der Waals surface area contributed by atoms with Gasteiger partial charge in [0.2, 0.25) is 5.91 Å². The molecule has 0 aromatic carbocycles. The normalized spacial score (nSPS) is 20.3. The van der Waals surface area contributed by atoms with Gasteiger partial charge < -0.3 is 10.4 Å². The number of nitrogens with zero attached hydrogens (tertiary/aromatic N) is 2. The van der Waals surface area contributed by atoms with E-state index in [1.165, 1.54) is 6.07 Å². The van der Waals surface area contributed by atoms with Gasteiger partial charge in [-0.1, -0.05) is 0 Å². The van der Waals surface area contributed by atoms with E-state index in [-0.39, 0.29) is 17.6 Å². The maximum absolute atomic E-state index is 10.9. The van der Waals surface area contributed by atoms with Crippen LogP contribution >= 0.6 is 0 Å². The molecule has 1 atom stereocenters. The standard InChI is InChI=1S/C9H11N3O3/c13-8-2-1-6(10-8)5-12-4-3-7(11-12)9(14)15/h3-4,6H,1-2,5H2,(H,10,13)(H,14,15). The van der Waals surface area contributed by atoms with Crippen LogP contribution in [0.3, 0.4) is 0 Å². The predicted molar refractivity (Wildman–Crippen MR) is 50.4 cm³/mol. The van der Waals surface area contributed by atoms with Gasteiger partial charge in [0, 0.05) is 18.7 Å². The highest BCUT2D eigenvalue weighted by atomic mass is 16.4. The van der Waals surface area contributed by atoms with E-state index in [0.717, 1.165) is 6.42 Å². The SMILES string of the molecule is O=C1CCC(Cn2ccc(C(=O)O)n2)N1. The fourth-order valence-electron chi connectivity index (χ4n) is 1.62. The molecule has 1 aliphatic rings. The lowest BCUT2D eigenvalue weighted by atomic mass is 10.2. The number of carboxylic acid groups (broad SMARTS) is 1. The van der Waals surface area contributed by atoms with Gasteiger partial charge in [0.1, 0.15) is 0 Å². The van der Waals surface area contributed by atoms with Gasteiger partial charge in [0.25, 0.3) is 0 Å². The number of rotatable bonds is 3. The van der Waals surface area contributed by atoms with Crippen LogP contribution in [0.5, 0.6) is 0 Å². The molecule has 1 aliphatic heterocycles. The van der Waals surface area contributed by atoms with Crippen molar-refractivity contribution in [1.82, 2.24) is 15.1 Å². The lowest BCUT2D eigenvalue weighted by Crippen LogP contribution is -2.29. The highest BCUT2D eigenvalue weighted by molar-refractivity contribution is 5.85. The molecule has 0 aliphatic carbocycles. The number of aromatic carboxylic acids is 1. The van der Waals surface area contributed by atoms with Gasteiger partial charge in [0.15, 0.2) is 5.69 Å². The van der Waals surface area contributed by atoms with E-state index in [4.69, 9.17) is 5.11 Å². The molecule has 0 bridgehead atoms. The predicted octanol–water partition coefficient (Wildman–Crippen LogP) is -0.140. The summed E-state index contributed by atoms with van der Waals surface area (Å²) < 4.78 is 1.54. The molecule has 1 unspecified atom stereocenters. The number of hydrogen-bond donors (Lipinski definition) is 2. The molecule has 0 radical (unpaired) electrons. The third-order valence-corrected chi connectivity index (χ3v) is 2.35. The van der Waals surface area contributed by atoms with Gasteiger partial charge in [-0.15, -0.1) is 0 Å². The molecule has 1 saturated heterocycles. The zero-order chi connectivity index (χ0) is 10.8. The van der Waals surface area contributed by atoms with Crippen molar-refractivity contribution in [2.24, 2.45) is 0 Å². The number of aromatic nitrogens is 2. The van der Waals surface area contributed by atoms with Gasteiger partial charge >= 0.3 is 5.97 Å². The summed E-state index contributed by atoms with van der Waals surface area (Å²) in [7, 11) is 0. The maximum atomic E-state index is 10.9. The van der Waals surface area contributed by atoms with Gasteiger partial charge in [-0.3, -0.25) is 9.48 Å². The smallest absolute Gasteiger partial charge is 0.356 e. The summed E-state index contributed by atoms with van der Waals surface area (Å²) in [4.78, 5) is 21.5. The number of hydrogen-bond acceptors (Lipinski definition) is 3. The van der Waals surface area contributed by atoms with E-state index in [2.05, 4.69) is 10.4 Å². The first-order valence-corrected chi connectivity index (χ1v) is 4.71. The van der Waals surface area contributed by atoms with Crippen LogP contribution in [-0.4, -0.2) is 32.8 Å². The van der Waals surface area contributed by atoms with Crippen LogP contribution in [0.4, 0.5) is 0 Å². The molecule has 1 aromatic heterocycles. The van der Waals surface area contributed by atoms with E-state index in [0.29, 0.717) is 13.0 Å². The van der Waals surface area contributed by atoms with Crippen molar-refractivity contribution in [2.45, 2.75) is 25.4 Å². The Morgan fingerprint density at radius 3 is 3.07 bits per heavy atom. The molecule has 1 aromatic rings. The molecule has 0 saturated carbocycles. The molecule has 2 heterocycles. The van der Waals surface area contributed by atoms with Crippen LogP contribution in [0.25, 0.3) is 0 Å². The van der Waals surface area contributed by atoms with Crippen molar-refractivity contribution < 1.29 is 14.7 Å². The highest BCUT2D eigenvalue weighted by Crippen LogP contribution is 2.08. The van der Waals surface area contributed by atoms with Crippen molar-refractivity contribution in [1.29, 1.82) is 0 Å². The molecule has 2 N–H and O–H groups in total. The lowest BCUT2D eigenvalue weighted by molar-refractivity contribution is -0.119. The van der Waals surface area contributed by atoms with E-state index in [9.17, 15) is 9.59 Å². The average molecular weight is 209 g/mol. The fraction of sp³-hybridized carbons (Fsp3) is 0.444. The molecule has 1 fully saturated rings. The van der Waals surface area contributed by atoms with Crippen molar-refractivity contribution in [3.05, 3.63) is 18.0 Å². The van der Waals surface area contributed by atoms with Gasteiger partial charge in [0.05, 0.1) is 6.54 Å². The van der Waals surface area contributed by atoms with Gasteiger partial charge in [-0.25, -0.2) is 4.79 Å². The second kappa shape index (κ2) is 3.72. The molecule has 15 heavy (non-hydrogen) atoms. The topological polar surface area (TPSA) is 84.2 Å². The Morgan fingerprint density at radius 2 is 2.53 bits per heavy atom. The zero-order valence-corrected chi connectivity index (χ0v) is 8.01. The molecular formula is C9H11N3O3. The van der Waals surface area contributed by atoms with Crippen molar-refractivity contribution in [3.63, 3.8) is 0 Å². The Balaban J connectivity index is 1.99. The summed E-state index contributed by atoms with van der Waals surface area (Å²) >= 11 is 0. The van der Waals surface area contributed by atoms with Crippen LogP contribution in [0, 0.1) is 0 Å². The molecule has 1 amide bonds. The molecule has 80 valence electrons. The number of carbonyl (C=O) groups is 2. The second-order valence-electron chi connectivity index (χ2n) is 3.53. The van der Waals surface area contributed by atoms with Crippen molar-refractivity contribution in [2.75, 3.05) is 0 Å². The van der Waals surface area contributed by atoms with Crippen LogP contribution in [0.2, 0.25) is 0 Å². The summed E-state index contributed by atoms with van der Waals surface area (Å²) in [6.07, 6.45) is 2.92. The second-order valence-corrected chi connectivity index (χ2v) is 3.53. The Kier molecular flexibility index (Phi) is 2.40. The number of nitrogens with one attached hydrogen (secondary N) is 1. The van der Waals surface area contributed by atoms with E-state index >= 15 is 0 Å². The summed E-state index contributed by atoms with van der Waals surface area (Å²) in [6.45, 7) is 0.527. The fourth-order valence-corrected chi connectivity index (χ4v) is 1.62. The molecule has 2 rings (SSSR count). The van der Waals surface area contributed by atoms with Crippen LogP contribution in [0.1, 0.15) is 23.3 Å². The van der Waals surface area contributed by atoms with Crippen LogP contribution in [-0.2, 0) is 11.3 Å². The molecule has 6 heteroatoms. The monoisotopic (exact) mass is 209 g/mol. The molecule has 0 spiro atoms. The minimum absolute atomic E-state index is 0.0272. The molecule has 6 nitrogen and oxygen atoms in total. The summed E-state index contributed by atoms with van der Waals surface area (Å²) in [6, 6.07) is 1.51. The Bertz CT molecular complexity index is 399. The number of carbonyl (C=O) groups excluding carboxylic acids is 1. The average Bonchev–Trinajstić information content (AvgIpc) is 2.76. The minimum Gasteiger partial charge on any atom is -0.476 e. The first-order chi connectivity index (χ1) is 7.15. The quantitative estimate of drug-likeness (QED) is 0.725. The van der Waals surface area contributed by atoms with Crippen LogP contribution in [0.15, 0.2) is 12.3 Å². The Labute approximate surface area is 85.9 Å². The van der Waals surface area contributed by atoms with Gasteiger partial charge in [-0.2, -0.15) is 5.10 Å². The summed E-state index contributed by atoms with van der Waals surface area (Å²) in [5.74, 6) is -0.991. The molecular weight excluding hydrogens is 198 g/mol. The first kappa shape index (κ1) is 9.70. The van der Waals surface area contributed by atoms with Crippen molar-refractivity contribution in [3.8, 4) is 0 Å². The summed E-state index contributed by atoms with van der Waals surface area (Å²) in [5, 5.41) is 15.3. The third kappa shape index (κ3) is 2.15. The minimum atomic E-state index is -1.04. The number of amides is 1. The lowest BCUT2D eigenvalue weighted by Gasteiger charge is -2.08. The van der Waals surface area contributed by atoms with E-state index in [1.54, 1.807) is 10.9 Å². The Hall–Kier alpha value is -1.85.